The van der Waals surface area contributed by atoms with Gasteiger partial charge in [-0.25, -0.2) is 13.4 Å². The second-order valence-corrected chi connectivity index (χ2v) is 9.27. The summed E-state index contributed by atoms with van der Waals surface area (Å²) >= 11 is 0. The molecule has 1 atom stereocenters. The first-order chi connectivity index (χ1) is 13.4. The Morgan fingerprint density at radius 2 is 2.14 bits per heavy atom. The van der Waals surface area contributed by atoms with Crippen molar-refractivity contribution in [2.45, 2.75) is 19.4 Å². The van der Waals surface area contributed by atoms with Gasteiger partial charge in [0.2, 0.25) is 10.0 Å². The molecule has 1 saturated heterocycles. The van der Waals surface area contributed by atoms with E-state index in [4.69, 9.17) is 9.72 Å². The number of hydrogen-bond donors (Lipinski definition) is 0. The molecular weight excluding hydrogens is 380 g/mol. The van der Waals surface area contributed by atoms with E-state index in [-0.39, 0.29) is 6.04 Å². The molecule has 2 aromatic rings. The normalized spacial score (nSPS) is 22.2. The van der Waals surface area contributed by atoms with E-state index in [0.29, 0.717) is 49.9 Å². The average Bonchev–Trinajstić information content (AvgIpc) is 3.38. The molecule has 3 aliphatic rings. The molecule has 0 unspecified atom stereocenters. The zero-order chi connectivity index (χ0) is 19.5. The second-order valence-electron chi connectivity index (χ2n) is 7.36. The minimum atomic E-state index is -3.40. The van der Waals surface area contributed by atoms with Crippen LogP contribution in [-0.4, -0.2) is 74.2 Å². The van der Waals surface area contributed by atoms with Crippen molar-refractivity contribution in [3.05, 3.63) is 23.9 Å². The Labute approximate surface area is 163 Å². The first kappa shape index (κ1) is 17.6. The summed E-state index contributed by atoms with van der Waals surface area (Å²) in [4.78, 5) is 11.6. The summed E-state index contributed by atoms with van der Waals surface area (Å²) < 4.78 is 33.7. The standard InChI is InChI=1S/C18H22N6O3S/c1-12-11-27-9-8-22(12)17-13-5-7-23(28(2,25)26)16(13)14-10-20-24(18(14)21-17)15-4-3-6-19-15/h3-4,10,12H,5-9,11H2,1-2H3/t12-/m1/s1. The lowest BCUT2D eigenvalue weighted by molar-refractivity contribution is 0.0985. The van der Waals surface area contributed by atoms with Gasteiger partial charge in [0.1, 0.15) is 5.82 Å². The summed E-state index contributed by atoms with van der Waals surface area (Å²) in [7, 11) is -3.40. The first-order valence-corrected chi connectivity index (χ1v) is 11.2. The number of allylic oxidation sites excluding steroid dienone is 1. The molecule has 0 N–H and O–H groups in total. The van der Waals surface area contributed by atoms with Crippen molar-refractivity contribution < 1.29 is 13.2 Å². The number of ether oxygens (including phenoxy) is 1. The molecule has 0 aliphatic carbocycles. The maximum absolute atomic E-state index is 12.5. The molecule has 148 valence electrons. The van der Waals surface area contributed by atoms with Crippen molar-refractivity contribution in [2.24, 2.45) is 4.99 Å². The average molecular weight is 402 g/mol. The van der Waals surface area contributed by atoms with E-state index in [1.54, 1.807) is 10.9 Å². The monoisotopic (exact) mass is 402 g/mol. The highest BCUT2D eigenvalue weighted by Crippen LogP contribution is 2.42. The van der Waals surface area contributed by atoms with Gasteiger partial charge in [-0.2, -0.15) is 9.78 Å². The van der Waals surface area contributed by atoms with Crippen LogP contribution in [0.2, 0.25) is 0 Å². The molecule has 0 spiro atoms. The van der Waals surface area contributed by atoms with E-state index in [0.717, 1.165) is 23.3 Å². The predicted octanol–water partition coefficient (Wildman–Crippen LogP) is 0.795. The predicted molar refractivity (Wildman–Crippen MR) is 108 cm³/mol. The molecule has 3 aliphatic heterocycles. The van der Waals surface area contributed by atoms with Crippen molar-refractivity contribution >= 4 is 38.4 Å². The summed E-state index contributed by atoms with van der Waals surface area (Å²) in [5.74, 6) is 1.54. The highest BCUT2D eigenvalue weighted by molar-refractivity contribution is 7.92. The van der Waals surface area contributed by atoms with Gasteiger partial charge in [-0.3, -0.25) is 9.30 Å². The molecule has 28 heavy (non-hydrogen) atoms. The fourth-order valence-electron chi connectivity index (χ4n) is 4.17. The zero-order valence-corrected chi connectivity index (χ0v) is 16.7. The van der Waals surface area contributed by atoms with Crippen molar-refractivity contribution in [1.29, 1.82) is 0 Å². The zero-order valence-electron chi connectivity index (χ0n) is 15.9. The van der Waals surface area contributed by atoms with Crippen molar-refractivity contribution in [3.63, 3.8) is 0 Å². The van der Waals surface area contributed by atoms with Crippen molar-refractivity contribution in [3.8, 4) is 0 Å². The first-order valence-electron chi connectivity index (χ1n) is 9.39. The van der Waals surface area contributed by atoms with Crippen LogP contribution in [0.3, 0.4) is 0 Å². The van der Waals surface area contributed by atoms with Gasteiger partial charge in [-0.1, -0.05) is 6.08 Å². The Morgan fingerprint density at radius 3 is 2.86 bits per heavy atom. The molecule has 0 bridgehead atoms. The van der Waals surface area contributed by atoms with Gasteiger partial charge >= 0.3 is 0 Å². The number of hydrogen-bond acceptors (Lipinski definition) is 7. The summed E-state index contributed by atoms with van der Waals surface area (Å²) in [5.41, 5.74) is 2.30. The Morgan fingerprint density at radius 1 is 1.29 bits per heavy atom. The van der Waals surface area contributed by atoms with Crippen LogP contribution >= 0.6 is 0 Å². The van der Waals surface area contributed by atoms with Crippen LogP contribution in [0.4, 0.5) is 11.5 Å². The van der Waals surface area contributed by atoms with Crippen LogP contribution in [0.1, 0.15) is 12.5 Å². The molecule has 0 radical (unpaired) electrons. The Bertz CT molecular complexity index is 1120. The lowest BCUT2D eigenvalue weighted by atomic mass is 10.1. The largest absolute Gasteiger partial charge is 0.377 e. The van der Waals surface area contributed by atoms with Crippen LogP contribution in [0.15, 0.2) is 23.3 Å². The van der Waals surface area contributed by atoms with Crippen molar-refractivity contribution in [1.82, 2.24) is 14.8 Å². The third-order valence-corrected chi connectivity index (χ3v) is 6.63. The van der Waals surface area contributed by atoms with E-state index < -0.39 is 10.0 Å². The van der Waals surface area contributed by atoms with Gasteiger partial charge in [-0.05, 0) is 19.4 Å². The Kier molecular flexibility index (Phi) is 3.95. The smallest absolute Gasteiger partial charge is 0.232 e. The maximum atomic E-state index is 12.5. The minimum Gasteiger partial charge on any atom is -0.377 e. The molecule has 1 fully saturated rings. The van der Waals surface area contributed by atoms with E-state index in [1.165, 1.54) is 10.6 Å². The third-order valence-electron chi connectivity index (χ3n) is 5.46. The summed E-state index contributed by atoms with van der Waals surface area (Å²) in [6.07, 6.45) is 7.46. The number of aliphatic imine (C=N–C) groups is 1. The quantitative estimate of drug-likeness (QED) is 0.738. The van der Waals surface area contributed by atoms with Gasteiger partial charge in [0.05, 0.1) is 49.3 Å². The van der Waals surface area contributed by atoms with Crippen LogP contribution in [0.25, 0.3) is 11.0 Å². The molecule has 2 aromatic heterocycles. The van der Waals surface area contributed by atoms with Crippen LogP contribution in [0, 0.1) is 0 Å². The Hall–Kier alpha value is -2.46. The number of rotatable bonds is 2. The van der Waals surface area contributed by atoms with E-state index in [9.17, 15) is 8.42 Å². The number of aromatic nitrogens is 3. The number of nitrogens with zero attached hydrogens (tertiary/aromatic N) is 6. The molecule has 0 aromatic carbocycles. The maximum Gasteiger partial charge on any atom is 0.232 e. The topological polar surface area (TPSA) is 92.9 Å². The fraction of sp³-hybridized carbons (Fsp3) is 0.500. The number of fused-ring (bicyclic) bond motifs is 3. The molecule has 5 heterocycles. The van der Waals surface area contributed by atoms with Gasteiger partial charge in [0.25, 0.3) is 0 Å². The van der Waals surface area contributed by atoms with E-state index in [1.807, 2.05) is 12.2 Å². The SMILES string of the molecule is C[C@@H]1COCCN1c1nc2c(cnn2C2=NCC=C2)c2c1CCN2S(C)(=O)=O. The fourth-order valence-corrected chi connectivity index (χ4v) is 5.13. The molecule has 5 rings (SSSR count). The van der Waals surface area contributed by atoms with Crippen LogP contribution < -0.4 is 9.21 Å². The van der Waals surface area contributed by atoms with Gasteiger partial charge < -0.3 is 9.64 Å². The summed E-state index contributed by atoms with van der Waals surface area (Å²) in [6.45, 7) is 5.11. The van der Waals surface area contributed by atoms with Gasteiger partial charge in [-0.15, -0.1) is 0 Å². The molecule has 0 amide bonds. The van der Waals surface area contributed by atoms with Gasteiger partial charge in [0, 0.05) is 18.7 Å². The van der Waals surface area contributed by atoms with Crippen LogP contribution in [0.5, 0.6) is 0 Å². The molecule has 10 heteroatoms. The summed E-state index contributed by atoms with van der Waals surface area (Å²) in [5, 5.41) is 5.23. The van der Waals surface area contributed by atoms with E-state index in [2.05, 4.69) is 21.9 Å². The Balaban J connectivity index is 1.78. The molecule has 9 nitrogen and oxygen atoms in total. The van der Waals surface area contributed by atoms with Crippen LogP contribution in [-0.2, 0) is 21.2 Å². The minimum absolute atomic E-state index is 0.162. The number of morpholine rings is 1. The number of anilines is 2. The highest BCUT2D eigenvalue weighted by atomic mass is 32.2. The lowest BCUT2D eigenvalue weighted by Gasteiger charge is -2.35. The second kappa shape index (κ2) is 6.28. The molecular formula is C18H22N6O3S. The third kappa shape index (κ3) is 2.62. The molecule has 0 saturated carbocycles. The van der Waals surface area contributed by atoms with E-state index >= 15 is 0 Å². The highest BCUT2D eigenvalue weighted by Gasteiger charge is 2.35. The number of sulfonamides is 1. The summed E-state index contributed by atoms with van der Waals surface area (Å²) in [6, 6.07) is 0.162. The van der Waals surface area contributed by atoms with Gasteiger partial charge in [0.15, 0.2) is 11.5 Å². The lowest BCUT2D eigenvalue weighted by Crippen LogP contribution is -2.44. The van der Waals surface area contributed by atoms with Crippen molar-refractivity contribution in [2.75, 3.05) is 48.3 Å². The number of pyridine rings is 1.